The van der Waals surface area contributed by atoms with E-state index in [0.29, 0.717) is 28.6 Å². The summed E-state index contributed by atoms with van der Waals surface area (Å²) in [5.74, 6) is -1.45. The van der Waals surface area contributed by atoms with Crippen molar-refractivity contribution in [2.24, 2.45) is 0 Å². The summed E-state index contributed by atoms with van der Waals surface area (Å²) in [4.78, 5) is 38.9. The molecule has 1 aliphatic rings. The summed E-state index contributed by atoms with van der Waals surface area (Å²) in [5.41, 5.74) is 0.770. The first kappa shape index (κ1) is 25.0. The van der Waals surface area contributed by atoms with Crippen LogP contribution < -0.4 is 24.4 Å². The Kier molecular flexibility index (Phi) is 7.15. The Morgan fingerprint density at radius 2 is 1.79 bits per heavy atom. The van der Waals surface area contributed by atoms with Gasteiger partial charge in [0, 0.05) is 24.4 Å². The molecule has 1 aliphatic heterocycles. The predicted octanol–water partition coefficient (Wildman–Crippen LogP) is 2.07. The number of carbonyl (C=O) groups excluding carboxylic acids is 3. The van der Waals surface area contributed by atoms with Crippen molar-refractivity contribution in [2.75, 3.05) is 37.2 Å². The van der Waals surface area contributed by atoms with Crippen LogP contribution in [-0.4, -0.2) is 64.4 Å². The molecule has 0 aromatic heterocycles. The lowest BCUT2D eigenvalue weighted by Crippen LogP contribution is -2.42. The first-order valence-electron chi connectivity index (χ1n) is 10.3. The Morgan fingerprint density at radius 3 is 2.44 bits per heavy atom. The molecule has 2 aromatic carbocycles. The van der Waals surface area contributed by atoms with Gasteiger partial charge in [-0.05, 0) is 44.2 Å². The minimum absolute atomic E-state index is 0.0907. The Hall–Kier alpha value is -3.60. The number of nitrogens with zero attached hydrogens (tertiary/aromatic N) is 1. The van der Waals surface area contributed by atoms with Crippen molar-refractivity contribution in [3.63, 3.8) is 0 Å². The van der Waals surface area contributed by atoms with Gasteiger partial charge in [0.05, 0.1) is 19.9 Å². The Labute approximate surface area is 197 Å². The van der Waals surface area contributed by atoms with Gasteiger partial charge in [-0.2, -0.15) is 0 Å². The highest BCUT2D eigenvalue weighted by molar-refractivity contribution is 7.93. The van der Waals surface area contributed by atoms with Gasteiger partial charge < -0.3 is 24.4 Å². The number of Topliss-reactive ketones (excluding diaryl/α,β-unsaturated/α-hetero) is 1. The van der Waals surface area contributed by atoms with Crippen LogP contribution in [0.4, 0.5) is 11.4 Å². The first-order chi connectivity index (χ1) is 16.0. The zero-order valence-electron chi connectivity index (χ0n) is 19.4. The quantitative estimate of drug-likeness (QED) is 0.557. The third-order valence-electron chi connectivity index (χ3n) is 5.49. The Balaban J connectivity index is 1.74. The van der Waals surface area contributed by atoms with Crippen LogP contribution in [0.25, 0.3) is 0 Å². The topological polar surface area (TPSA) is 128 Å². The van der Waals surface area contributed by atoms with Crippen molar-refractivity contribution in [1.82, 2.24) is 0 Å². The van der Waals surface area contributed by atoms with Crippen molar-refractivity contribution < 1.29 is 37.0 Å². The van der Waals surface area contributed by atoms with Crippen LogP contribution in [0.5, 0.6) is 17.2 Å². The molecule has 1 heterocycles. The highest BCUT2D eigenvalue weighted by Gasteiger charge is 2.33. The summed E-state index contributed by atoms with van der Waals surface area (Å²) >= 11 is 0. The van der Waals surface area contributed by atoms with E-state index >= 15 is 0 Å². The Bertz CT molecular complexity index is 1240. The summed E-state index contributed by atoms with van der Waals surface area (Å²) < 4.78 is 41.4. The largest absolute Gasteiger partial charge is 0.493 e. The van der Waals surface area contributed by atoms with Crippen molar-refractivity contribution >= 4 is 38.8 Å². The van der Waals surface area contributed by atoms with Crippen LogP contribution >= 0.6 is 0 Å². The maximum absolute atomic E-state index is 12.9. The molecule has 182 valence electrons. The lowest BCUT2D eigenvalue weighted by atomic mass is 10.1. The molecule has 0 fully saturated rings. The number of anilines is 2. The maximum atomic E-state index is 12.9. The van der Waals surface area contributed by atoms with Crippen molar-refractivity contribution in [2.45, 2.75) is 25.2 Å². The van der Waals surface area contributed by atoms with Gasteiger partial charge in [0.2, 0.25) is 5.91 Å². The molecule has 1 N–H and O–H groups in total. The van der Waals surface area contributed by atoms with E-state index in [0.717, 1.165) is 0 Å². The van der Waals surface area contributed by atoms with E-state index in [2.05, 4.69) is 5.32 Å². The normalized spacial score (nSPS) is 16.2. The van der Waals surface area contributed by atoms with E-state index in [1.807, 2.05) is 0 Å². The van der Waals surface area contributed by atoms with E-state index in [-0.39, 0.29) is 11.5 Å². The van der Waals surface area contributed by atoms with Crippen LogP contribution in [0.2, 0.25) is 0 Å². The molecule has 2 unspecified atom stereocenters. The van der Waals surface area contributed by atoms with Crippen LogP contribution in [0.1, 0.15) is 24.2 Å². The Morgan fingerprint density at radius 1 is 1.12 bits per heavy atom. The number of rotatable bonds is 8. The summed E-state index contributed by atoms with van der Waals surface area (Å²) in [5, 5.41) is 1.01. The van der Waals surface area contributed by atoms with E-state index in [1.165, 1.54) is 56.4 Å². The number of fused-ring (bicyclic) bond motifs is 1. The number of sulfone groups is 1. The molecule has 2 amide bonds. The summed E-state index contributed by atoms with van der Waals surface area (Å²) in [7, 11) is 0.308. The van der Waals surface area contributed by atoms with Gasteiger partial charge in [-0.25, -0.2) is 8.42 Å². The third-order valence-corrected chi connectivity index (χ3v) is 7.45. The number of amides is 2. The second-order valence-corrected chi connectivity index (χ2v) is 10.1. The molecule has 2 atom stereocenters. The lowest BCUT2D eigenvalue weighted by molar-refractivity contribution is -0.125. The minimum atomic E-state index is -4.14. The van der Waals surface area contributed by atoms with Crippen LogP contribution in [-0.2, 0) is 19.4 Å². The van der Waals surface area contributed by atoms with Gasteiger partial charge in [0.1, 0.15) is 16.8 Å². The first-order valence-corrected chi connectivity index (χ1v) is 12.1. The van der Waals surface area contributed by atoms with Gasteiger partial charge in [0.25, 0.3) is 5.91 Å². The molecule has 3 rings (SSSR count). The SMILES string of the molecule is COc1ccc(NC(=O)CS(=O)(=O)C(C)C(=O)c2ccc3c(c2)N(C)C(=O)C(C)O3)cc1OC. The number of hydrogen-bond donors (Lipinski definition) is 1. The number of hydrogen-bond acceptors (Lipinski definition) is 8. The van der Waals surface area contributed by atoms with E-state index in [9.17, 15) is 22.8 Å². The number of ether oxygens (including phenoxy) is 3. The molecule has 0 saturated heterocycles. The standard InChI is InChI=1S/C23H26N2O8S/c1-13-23(28)25(3)17-10-15(6-8-18(17)33-13)22(27)14(2)34(29,30)12-21(26)24-16-7-9-19(31-4)20(11-16)32-5/h6-11,13-14H,12H2,1-5H3,(H,24,26). The lowest BCUT2D eigenvalue weighted by Gasteiger charge is -2.30. The van der Waals surface area contributed by atoms with Gasteiger partial charge in [-0.1, -0.05) is 0 Å². The molecule has 11 heteroatoms. The predicted molar refractivity (Wildman–Crippen MR) is 126 cm³/mol. The average molecular weight is 491 g/mol. The molecule has 2 aromatic rings. The third kappa shape index (κ3) is 4.98. The maximum Gasteiger partial charge on any atom is 0.267 e. The summed E-state index contributed by atoms with van der Waals surface area (Å²) in [6, 6.07) is 8.97. The highest BCUT2D eigenvalue weighted by Crippen LogP contribution is 2.34. The fraction of sp³-hybridized carbons (Fsp3) is 0.348. The number of nitrogens with one attached hydrogen (secondary N) is 1. The monoisotopic (exact) mass is 490 g/mol. The summed E-state index contributed by atoms with van der Waals surface area (Å²) in [6.07, 6.45) is -0.664. The molecular weight excluding hydrogens is 464 g/mol. The molecule has 0 bridgehead atoms. The van der Waals surface area contributed by atoms with Crippen molar-refractivity contribution in [3.05, 3.63) is 42.0 Å². The zero-order valence-corrected chi connectivity index (χ0v) is 20.3. The van der Waals surface area contributed by atoms with Crippen molar-refractivity contribution in [3.8, 4) is 17.2 Å². The second-order valence-electron chi connectivity index (χ2n) is 7.77. The van der Waals surface area contributed by atoms with Crippen LogP contribution in [0.3, 0.4) is 0 Å². The van der Waals surface area contributed by atoms with Gasteiger partial charge in [-0.3, -0.25) is 14.4 Å². The van der Waals surface area contributed by atoms with Gasteiger partial charge >= 0.3 is 0 Å². The second kappa shape index (κ2) is 9.72. The van der Waals surface area contributed by atoms with Gasteiger partial charge in [0.15, 0.2) is 33.2 Å². The highest BCUT2D eigenvalue weighted by atomic mass is 32.2. The van der Waals surface area contributed by atoms with E-state index < -0.39 is 38.6 Å². The number of benzene rings is 2. The van der Waals surface area contributed by atoms with Crippen LogP contribution in [0, 0.1) is 0 Å². The molecule has 10 nitrogen and oxygen atoms in total. The van der Waals surface area contributed by atoms with E-state index in [1.54, 1.807) is 20.0 Å². The zero-order chi connectivity index (χ0) is 25.2. The van der Waals surface area contributed by atoms with Gasteiger partial charge in [-0.15, -0.1) is 0 Å². The summed E-state index contributed by atoms with van der Waals surface area (Å²) in [6.45, 7) is 2.84. The molecule has 0 saturated carbocycles. The fourth-order valence-corrected chi connectivity index (χ4v) is 4.63. The molecular formula is C23H26N2O8S. The molecule has 0 radical (unpaired) electrons. The molecule has 0 spiro atoms. The number of ketones is 1. The average Bonchev–Trinajstić information content (AvgIpc) is 2.81. The molecule has 0 aliphatic carbocycles. The fourth-order valence-electron chi connectivity index (χ4n) is 3.48. The smallest absolute Gasteiger partial charge is 0.267 e. The van der Waals surface area contributed by atoms with Crippen molar-refractivity contribution in [1.29, 1.82) is 0 Å². The number of carbonyl (C=O) groups is 3. The molecule has 34 heavy (non-hydrogen) atoms. The van der Waals surface area contributed by atoms with E-state index in [4.69, 9.17) is 14.2 Å². The number of methoxy groups -OCH3 is 2. The number of likely N-dealkylation sites (N-methyl/N-ethyl adjacent to an activating group) is 1. The van der Waals surface area contributed by atoms with Crippen LogP contribution in [0.15, 0.2) is 36.4 Å². The minimum Gasteiger partial charge on any atom is -0.493 e.